The second-order valence-corrected chi connectivity index (χ2v) is 7.75. The molecule has 0 radical (unpaired) electrons. The Morgan fingerprint density at radius 1 is 0.857 bits per heavy atom. The zero-order chi connectivity index (χ0) is 19.2. The van der Waals surface area contributed by atoms with Crippen LogP contribution >= 0.6 is 0 Å². The van der Waals surface area contributed by atoms with Crippen molar-refractivity contribution in [3.05, 3.63) is 96.1 Å². The smallest absolute Gasteiger partial charge is 0.119 e. The average Bonchev–Trinajstić information content (AvgIpc) is 3.15. The Kier molecular flexibility index (Phi) is 5.63. The molecule has 0 spiro atoms. The van der Waals surface area contributed by atoms with E-state index in [2.05, 4.69) is 47.4 Å². The van der Waals surface area contributed by atoms with Crippen LogP contribution in [0.4, 0.5) is 5.69 Å². The van der Waals surface area contributed by atoms with Gasteiger partial charge in [0.15, 0.2) is 0 Å². The lowest BCUT2D eigenvalue weighted by Gasteiger charge is -2.30. The van der Waals surface area contributed by atoms with Crippen LogP contribution in [0.1, 0.15) is 17.5 Å². The van der Waals surface area contributed by atoms with E-state index >= 15 is 0 Å². The zero-order valence-corrected chi connectivity index (χ0v) is 16.3. The van der Waals surface area contributed by atoms with Crippen LogP contribution in [-0.2, 0) is 11.8 Å². The highest BCUT2D eigenvalue weighted by molar-refractivity contribution is 5.41. The van der Waals surface area contributed by atoms with E-state index in [-0.39, 0.29) is 5.41 Å². The molecule has 1 fully saturated rings. The Labute approximate surface area is 167 Å². The van der Waals surface area contributed by atoms with Gasteiger partial charge in [0.2, 0.25) is 0 Å². The van der Waals surface area contributed by atoms with Gasteiger partial charge in [-0.25, -0.2) is 0 Å². The van der Waals surface area contributed by atoms with Crippen molar-refractivity contribution in [2.45, 2.75) is 18.3 Å². The number of para-hydroxylation sites is 1. The van der Waals surface area contributed by atoms with Crippen LogP contribution < -0.4 is 10.5 Å². The van der Waals surface area contributed by atoms with Gasteiger partial charge in [-0.05, 0) is 54.8 Å². The summed E-state index contributed by atoms with van der Waals surface area (Å²) in [6.07, 6.45) is 2.19. The van der Waals surface area contributed by atoms with E-state index < -0.39 is 0 Å². The fourth-order valence-corrected chi connectivity index (χ4v) is 4.26. The summed E-state index contributed by atoms with van der Waals surface area (Å²) in [4.78, 5) is 2.53. The standard InChI is InChI=1S/C25H28N2O/c26-23-13-11-21(12-14-23)19-25(22-7-3-1-4-8-22)15-16-27(20-25)17-18-28-24-9-5-2-6-10-24/h1-14H,15-20,26H2. The minimum Gasteiger partial charge on any atom is -0.492 e. The largest absolute Gasteiger partial charge is 0.492 e. The number of benzene rings is 3. The van der Waals surface area contributed by atoms with Crippen molar-refractivity contribution in [2.24, 2.45) is 0 Å². The molecule has 1 atom stereocenters. The van der Waals surface area contributed by atoms with E-state index in [9.17, 15) is 0 Å². The fraction of sp³-hybridized carbons (Fsp3) is 0.280. The first-order chi connectivity index (χ1) is 13.7. The predicted octanol–water partition coefficient (Wildman–Crippen LogP) is 4.53. The first kappa shape index (κ1) is 18.6. The van der Waals surface area contributed by atoms with Gasteiger partial charge in [0.25, 0.3) is 0 Å². The molecule has 0 aromatic heterocycles. The number of ether oxygens (including phenoxy) is 1. The van der Waals surface area contributed by atoms with Crippen molar-refractivity contribution in [3.63, 3.8) is 0 Å². The third kappa shape index (κ3) is 4.37. The van der Waals surface area contributed by atoms with Crippen LogP contribution in [-0.4, -0.2) is 31.1 Å². The van der Waals surface area contributed by atoms with E-state index in [1.54, 1.807) is 0 Å². The number of likely N-dealkylation sites (tertiary alicyclic amines) is 1. The molecule has 0 saturated carbocycles. The molecule has 1 aliphatic rings. The summed E-state index contributed by atoms with van der Waals surface area (Å²) in [5.41, 5.74) is 9.62. The molecule has 3 nitrogen and oxygen atoms in total. The summed E-state index contributed by atoms with van der Waals surface area (Å²) in [6.45, 7) is 3.82. The molecule has 1 aliphatic heterocycles. The topological polar surface area (TPSA) is 38.5 Å². The summed E-state index contributed by atoms with van der Waals surface area (Å²) in [7, 11) is 0. The molecule has 3 heteroatoms. The normalized spacial score (nSPS) is 19.6. The first-order valence-electron chi connectivity index (χ1n) is 10.0. The number of nitrogens with zero attached hydrogens (tertiary/aromatic N) is 1. The molecule has 1 heterocycles. The van der Waals surface area contributed by atoms with Crippen molar-refractivity contribution < 1.29 is 4.74 Å². The molecule has 3 aromatic rings. The summed E-state index contributed by atoms with van der Waals surface area (Å²) in [5.74, 6) is 0.942. The highest BCUT2D eigenvalue weighted by atomic mass is 16.5. The minimum absolute atomic E-state index is 0.143. The maximum absolute atomic E-state index is 5.92. The van der Waals surface area contributed by atoms with Gasteiger partial charge >= 0.3 is 0 Å². The molecule has 144 valence electrons. The first-order valence-corrected chi connectivity index (χ1v) is 10.0. The van der Waals surface area contributed by atoms with Crippen LogP contribution in [0.15, 0.2) is 84.9 Å². The van der Waals surface area contributed by atoms with Gasteiger partial charge in [0.1, 0.15) is 12.4 Å². The van der Waals surface area contributed by atoms with Gasteiger partial charge in [-0.2, -0.15) is 0 Å². The lowest BCUT2D eigenvalue weighted by molar-refractivity contribution is 0.228. The summed E-state index contributed by atoms with van der Waals surface area (Å²) < 4.78 is 5.92. The average molecular weight is 373 g/mol. The van der Waals surface area contributed by atoms with E-state index in [1.807, 2.05) is 42.5 Å². The van der Waals surface area contributed by atoms with Crippen LogP contribution in [0, 0.1) is 0 Å². The molecule has 2 N–H and O–H groups in total. The number of rotatable bonds is 7. The third-order valence-electron chi connectivity index (χ3n) is 5.76. The Morgan fingerprint density at radius 2 is 1.54 bits per heavy atom. The number of hydrogen-bond acceptors (Lipinski definition) is 3. The summed E-state index contributed by atoms with van der Waals surface area (Å²) in [6, 6.07) is 29.4. The molecule has 0 bridgehead atoms. The SMILES string of the molecule is Nc1ccc(CC2(c3ccccc3)CCN(CCOc3ccccc3)C2)cc1. The Morgan fingerprint density at radius 3 is 2.25 bits per heavy atom. The monoisotopic (exact) mass is 372 g/mol. The molecule has 1 unspecified atom stereocenters. The Bertz CT molecular complexity index is 864. The van der Waals surface area contributed by atoms with E-state index in [0.717, 1.165) is 50.5 Å². The summed E-state index contributed by atoms with van der Waals surface area (Å²) in [5, 5.41) is 0. The van der Waals surface area contributed by atoms with Crippen LogP contribution in [0.3, 0.4) is 0 Å². The fourth-order valence-electron chi connectivity index (χ4n) is 4.26. The van der Waals surface area contributed by atoms with E-state index in [0.29, 0.717) is 0 Å². The predicted molar refractivity (Wildman–Crippen MR) is 116 cm³/mol. The van der Waals surface area contributed by atoms with E-state index in [4.69, 9.17) is 10.5 Å². The highest BCUT2D eigenvalue weighted by Crippen LogP contribution is 2.37. The van der Waals surface area contributed by atoms with Crippen molar-refractivity contribution >= 4 is 5.69 Å². The molecule has 4 rings (SSSR count). The maximum atomic E-state index is 5.92. The molecule has 3 aromatic carbocycles. The van der Waals surface area contributed by atoms with Gasteiger partial charge < -0.3 is 10.5 Å². The van der Waals surface area contributed by atoms with Crippen molar-refractivity contribution in [1.29, 1.82) is 0 Å². The summed E-state index contributed by atoms with van der Waals surface area (Å²) >= 11 is 0. The van der Waals surface area contributed by atoms with Gasteiger partial charge in [0, 0.05) is 24.2 Å². The molecular formula is C25H28N2O. The van der Waals surface area contributed by atoms with Gasteiger partial charge in [-0.3, -0.25) is 4.90 Å². The molecule has 28 heavy (non-hydrogen) atoms. The lowest BCUT2D eigenvalue weighted by atomic mass is 9.75. The van der Waals surface area contributed by atoms with Gasteiger partial charge in [-0.1, -0.05) is 60.7 Å². The second-order valence-electron chi connectivity index (χ2n) is 7.75. The highest BCUT2D eigenvalue weighted by Gasteiger charge is 2.39. The van der Waals surface area contributed by atoms with E-state index in [1.165, 1.54) is 11.1 Å². The Hall–Kier alpha value is -2.78. The zero-order valence-electron chi connectivity index (χ0n) is 16.3. The van der Waals surface area contributed by atoms with Gasteiger partial charge in [0.05, 0.1) is 0 Å². The van der Waals surface area contributed by atoms with Crippen molar-refractivity contribution in [2.75, 3.05) is 32.0 Å². The van der Waals surface area contributed by atoms with Crippen LogP contribution in [0.25, 0.3) is 0 Å². The number of nitrogen functional groups attached to an aromatic ring is 1. The lowest BCUT2D eigenvalue weighted by Crippen LogP contribution is -2.34. The van der Waals surface area contributed by atoms with Crippen LogP contribution in [0.5, 0.6) is 5.75 Å². The van der Waals surface area contributed by atoms with Gasteiger partial charge in [-0.15, -0.1) is 0 Å². The number of anilines is 1. The van der Waals surface area contributed by atoms with Crippen LogP contribution in [0.2, 0.25) is 0 Å². The number of nitrogens with two attached hydrogens (primary N) is 1. The molecule has 0 amide bonds. The van der Waals surface area contributed by atoms with Crippen molar-refractivity contribution in [1.82, 2.24) is 4.90 Å². The second kappa shape index (κ2) is 8.49. The quantitative estimate of drug-likeness (QED) is 0.619. The molecule has 0 aliphatic carbocycles. The maximum Gasteiger partial charge on any atom is 0.119 e. The Balaban J connectivity index is 1.45. The number of hydrogen-bond donors (Lipinski definition) is 1. The molecular weight excluding hydrogens is 344 g/mol. The third-order valence-corrected chi connectivity index (χ3v) is 5.76. The molecule has 1 saturated heterocycles. The van der Waals surface area contributed by atoms with Crippen molar-refractivity contribution in [3.8, 4) is 5.75 Å². The minimum atomic E-state index is 0.143.